The van der Waals surface area contributed by atoms with Crippen LogP contribution in [0.15, 0.2) is 22.7 Å². The molecule has 0 aliphatic carbocycles. The van der Waals surface area contributed by atoms with Crippen LogP contribution in [0.4, 0.5) is 4.79 Å². The van der Waals surface area contributed by atoms with Crippen molar-refractivity contribution in [3.63, 3.8) is 0 Å². The second-order valence-electron chi connectivity index (χ2n) is 2.66. The topological polar surface area (TPSA) is 58.6 Å². The van der Waals surface area contributed by atoms with Gasteiger partial charge in [-0.1, -0.05) is 27.5 Å². The predicted molar refractivity (Wildman–Crippen MR) is 60.7 cm³/mol. The molecular formula is C9H9BrClNO3. The molecule has 1 rings (SSSR count). The maximum absolute atomic E-state index is 10.1. The molecule has 1 amide bonds. The zero-order chi connectivity index (χ0) is 11.3. The Kier molecular flexibility index (Phi) is 4.71. The van der Waals surface area contributed by atoms with Crippen molar-refractivity contribution < 1.29 is 14.6 Å². The standard InChI is InChI=1S/C9H9BrClNO3/c10-6-1-2-7(11)8(5-6)15-4-3-12-9(13)14/h1-2,5,12H,3-4H2,(H,13,14). The molecule has 0 heterocycles. The van der Waals surface area contributed by atoms with Gasteiger partial charge in [0, 0.05) is 4.47 Å². The molecule has 0 atom stereocenters. The molecule has 0 saturated carbocycles. The molecule has 0 aliphatic rings. The third-order valence-corrected chi connectivity index (χ3v) is 2.33. The molecule has 4 nitrogen and oxygen atoms in total. The second-order valence-corrected chi connectivity index (χ2v) is 3.98. The van der Waals surface area contributed by atoms with E-state index in [2.05, 4.69) is 21.2 Å². The Morgan fingerprint density at radius 2 is 2.33 bits per heavy atom. The normalized spacial score (nSPS) is 9.73. The number of benzene rings is 1. The molecule has 0 spiro atoms. The lowest BCUT2D eigenvalue weighted by Crippen LogP contribution is -2.26. The van der Waals surface area contributed by atoms with Crippen molar-refractivity contribution >= 4 is 33.6 Å². The van der Waals surface area contributed by atoms with Crippen molar-refractivity contribution in [2.24, 2.45) is 0 Å². The van der Waals surface area contributed by atoms with Crippen molar-refractivity contribution in [1.82, 2.24) is 5.32 Å². The summed E-state index contributed by atoms with van der Waals surface area (Å²) >= 11 is 9.14. The van der Waals surface area contributed by atoms with E-state index in [-0.39, 0.29) is 13.2 Å². The lowest BCUT2D eigenvalue weighted by molar-refractivity contribution is 0.191. The average Bonchev–Trinajstić information content (AvgIpc) is 2.17. The highest BCUT2D eigenvalue weighted by Crippen LogP contribution is 2.27. The molecule has 0 aliphatic heterocycles. The highest BCUT2D eigenvalue weighted by atomic mass is 79.9. The van der Waals surface area contributed by atoms with Crippen LogP contribution in [-0.4, -0.2) is 24.4 Å². The first-order valence-corrected chi connectivity index (χ1v) is 5.31. The number of nitrogens with one attached hydrogen (secondary N) is 1. The number of ether oxygens (including phenoxy) is 1. The summed E-state index contributed by atoms with van der Waals surface area (Å²) in [5.74, 6) is 0.526. The van der Waals surface area contributed by atoms with Gasteiger partial charge in [-0.05, 0) is 18.2 Å². The summed E-state index contributed by atoms with van der Waals surface area (Å²) in [4.78, 5) is 10.1. The zero-order valence-electron chi connectivity index (χ0n) is 7.67. The van der Waals surface area contributed by atoms with Crippen LogP contribution in [0.1, 0.15) is 0 Å². The van der Waals surface area contributed by atoms with Crippen molar-refractivity contribution in [1.29, 1.82) is 0 Å². The van der Waals surface area contributed by atoms with E-state index in [9.17, 15) is 4.79 Å². The Balaban J connectivity index is 2.43. The molecule has 0 radical (unpaired) electrons. The fraction of sp³-hybridized carbons (Fsp3) is 0.222. The van der Waals surface area contributed by atoms with Crippen LogP contribution < -0.4 is 10.1 Å². The van der Waals surface area contributed by atoms with Gasteiger partial charge in [-0.3, -0.25) is 0 Å². The summed E-state index contributed by atoms with van der Waals surface area (Å²) in [5.41, 5.74) is 0. The smallest absolute Gasteiger partial charge is 0.404 e. The minimum atomic E-state index is -1.07. The Bertz CT molecular complexity index is 359. The first kappa shape index (κ1) is 12.1. The van der Waals surface area contributed by atoms with Gasteiger partial charge < -0.3 is 15.2 Å². The average molecular weight is 295 g/mol. The van der Waals surface area contributed by atoms with E-state index in [1.807, 2.05) is 0 Å². The van der Waals surface area contributed by atoms with Gasteiger partial charge in [0.2, 0.25) is 0 Å². The number of amides is 1. The lowest BCUT2D eigenvalue weighted by atomic mass is 10.3. The predicted octanol–water partition coefficient (Wildman–Crippen LogP) is 2.75. The molecule has 1 aromatic carbocycles. The van der Waals surface area contributed by atoms with E-state index in [0.29, 0.717) is 10.8 Å². The minimum absolute atomic E-state index is 0.220. The second kappa shape index (κ2) is 5.82. The van der Waals surface area contributed by atoms with E-state index in [0.717, 1.165) is 4.47 Å². The van der Waals surface area contributed by atoms with Crippen molar-refractivity contribution in [2.75, 3.05) is 13.2 Å². The summed E-state index contributed by atoms with van der Waals surface area (Å²) in [6.45, 7) is 0.459. The van der Waals surface area contributed by atoms with Gasteiger partial charge in [0.1, 0.15) is 12.4 Å². The minimum Gasteiger partial charge on any atom is -0.490 e. The molecule has 82 valence electrons. The zero-order valence-corrected chi connectivity index (χ0v) is 10.0. The van der Waals surface area contributed by atoms with Crippen LogP contribution in [0.2, 0.25) is 5.02 Å². The first-order chi connectivity index (χ1) is 7.09. The Morgan fingerprint density at radius 3 is 3.00 bits per heavy atom. The first-order valence-electron chi connectivity index (χ1n) is 4.14. The number of rotatable bonds is 4. The molecular weight excluding hydrogens is 285 g/mol. The number of halogens is 2. The summed E-state index contributed by atoms with van der Waals surface area (Å²) in [6.07, 6.45) is -1.07. The SMILES string of the molecule is O=C(O)NCCOc1cc(Br)ccc1Cl. The monoisotopic (exact) mass is 293 g/mol. The van der Waals surface area contributed by atoms with Crippen molar-refractivity contribution in [3.05, 3.63) is 27.7 Å². The van der Waals surface area contributed by atoms with E-state index < -0.39 is 6.09 Å². The molecule has 15 heavy (non-hydrogen) atoms. The Labute approximate surface area is 100 Å². The summed E-state index contributed by atoms with van der Waals surface area (Å²) in [6, 6.07) is 5.22. The number of carboxylic acid groups (broad SMARTS) is 1. The van der Waals surface area contributed by atoms with Gasteiger partial charge in [-0.25, -0.2) is 4.79 Å². The van der Waals surface area contributed by atoms with E-state index in [1.54, 1.807) is 18.2 Å². The van der Waals surface area contributed by atoms with Crippen LogP contribution in [0.3, 0.4) is 0 Å². The van der Waals surface area contributed by atoms with Crippen LogP contribution in [-0.2, 0) is 0 Å². The molecule has 1 aromatic rings. The quantitative estimate of drug-likeness (QED) is 0.840. The molecule has 0 saturated heterocycles. The maximum atomic E-state index is 10.1. The van der Waals surface area contributed by atoms with Gasteiger partial charge in [0.05, 0.1) is 11.6 Å². The van der Waals surface area contributed by atoms with Gasteiger partial charge in [-0.2, -0.15) is 0 Å². The molecule has 0 fully saturated rings. The Morgan fingerprint density at radius 1 is 1.60 bits per heavy atom. The summed E-state index contributed by atoms with van der Waals surface area (Å²) in [5, 5.41) is 11.0. The molecule has 2 N–H and O–H groups in total. The van der Waals surface area contributed by atoms with Crippen LogP contribution >= 0.6 is 27.5 Å². The van der Waals surface area contributed by atoms with Gasteiger partial charge in [0.25, 0.3) is 0 Å². The third-order valence-electron chi connectivity index (χ3n) is 1.53. The maximum Gasteiger partial charge on any atom is 0.404 e. The fourth-order valence-corrected chi connectivity index (χ4v) is 1.42. The highest BCUT2D eigenvalue weighted by Gasteiger charge is 2.02. The Hall–Kier alpha value is -0.940. The summed E-state index contributed by atoms with van der Waals surface area (Å²) in [7, 11) is 0. The number of hydrogen-bond acceptors (Lipinski definition) is 2. The molecule has 0 aromatic heterocycles. The van der Waals surface area contributed by atoms with Gasteiger partial charge in [0.15, 0.2) is 0 Å². The fourth-order valence-electron chi connectivity index (χ4n) is 0.907. The van der Waals surface area contributed by atoms with Crippen LogP contribution in [0, 0.1) is 0 Å². The van der Waals surface area contributed by atoms with Crippen LogP contribution in [0.5, 0.6) is 5.75 Å². The number of carbonyl (C=O) groups is 1. The third kappa shape index (κ3) is 4.40. The van der Waals surface area contributed by atoms with Gasteiger partial charge in [-0.15, -0.1) is 0 Å². The number of hydrogen-bond donors (Lipinski definition) is 2. The highest BCUT2D eigenvalue weighted by molar-refractivity contribution is 9.10. The molecule has 6 heteroatoms. The van der Waals surface area contributed by atoms with E-state index in [4.69, 9.17) is 21.4 Å². The van der Waals surface area contributed by atoms with Crippen molar-refractivity contribution in [3.8, 4) is 5.75 Å². The van der Waals surface area contributed by atoms with E-state index >= 15 is 0 Å². The lowest BCUT2D eigenvalue weighted by Gasteiger charge is -2.07. The van der Waals surface area contributed by atoms with Gasteiger partial charge >= 0.3 is 6.09 Å². The van der Waals surface area contributed by atoms with E-state index in [1.165, 1.54) is 0 Å². The largest absolute Gasteiger partial charge is 0.490 e. The molecule has 0 bridgehead atoms. The van der Waals surface area contributed by atoms with Crippen molar-refractivity contribution in [2.45, 2.75) is 0 Å². The summed E-state index contributed by atoms with van der Waals surface area (Å²) < 4.78 is 6.13. The molecule has 0 unspecified atom stereocenters. The van der Waals surface area contributed by atoms with Crippen LogP contribution in [0.25, 0.3) is 0 Å².